The van der Waals surface area contributed by atoms with Crippen LogP contribution in [0.5, 0.6) is 0 Å². The van der Waals surface area contributed by atoms with Crippen LogP contribution < -0.4 is 10.6 Å². The van der Waals surface area contributed by atoms with E-state index in [0.717, 1.165) is 19.4 Å². The standard InChI is InChI=1S/C12H24N2O4/c1-13-12(16)4-5-14-7-10(15)8-17-9-11-3-2-6-18-11/h10-11,14-15H,2-9H2,1H3,(H,13,16). The largest absolute Gasteiger partial charge is 0.389 e. The Kier molecular flexibility index (Phi) is 7.91. The van der Waals surface area contributed by atoms with Gasteiger partial charge in [0.1, 0.15) is 0 Å². The third-order valence-corrected chi connectivity index (χ3v) is 2.83. The van der Waals surface area contributed by atoms with Gasteiger partial charge in [-0.05, 0) is 12.8 Å². The van der Waals surface area contributed by atoms with E-state index in [1.54, 1.807) is 7.05 Å². The molecule has 3 N–H and O–H groups in total. The van der Waals surface area contributed by atoms with Gasteiger partial charge in [0.25, 0.3) is 0 Å². The highest BCUT2D eigenvalue weighted by Gasteiger charge is 2.15. The van der Waals surface area contributed by atoms with Gasteiger partial charge in [0.15, 0.2) is 0 Å². The van der Waals surface area contributed by atoms with Crippen LogP contribution in [0.25, 0.3) is 0 Å². The number of aliphatic hydroxyl groups excluding tert-OH is 1. The highest BCUT2D eigenvalue weighted by Crippen LogP contribution is 2.11. The van der Waals surface area contributed by atoms with Gasteiger partial charge in [0.05, 0.1) is 25.4 Å². The molecule has 6 heteroatoms. The Bertz CT molecular complexity index is 232. The predicted molar refractivity (Wildman–Crippen MR) is 67.4 cm³/mol. The van der Waals surface area contributed by atoms with Gasteiger partial charge in [-0.15, -0.1) is 0 Å². The number of carbonyl (C=O) groups is 1. The van der Waals surface area contributed by atoms with E-state index >= 15 is 0 Å². The Morgan fingerprint density at radius 1 is 1.61 bits per heavy atom. The van der Waals surface area contributed by atoms with Gasteiger partial charge in [-0.25, -0.2) is 0 Å². The van der Waals surface area contributed by atoms with Crippen LogP contribution in [0.3, 0.4) is 0 Å². The molecular weight excluding hydrogens is 236 g/mol. The molecule has 0 bridgehead atoms. The second-order valence-electron chi connectivity index (χ2n) is 4.45. The number of nitrogens with one attached hydrogen (secondary N) is 2. The molecule has 0 aromatic carbocycles. The summed E-state index contributed by atoms with van der Waals surface area (Å²) < 4.78 is 10.8. The molecule has 1 saturated heterocycles. The fourth-order valence-corrected chi connectivity index (χ4v) is 1.77. The summed E-state index contributed by atoms with van der Waals surface area (Å²) >= 11 is 0. The molecule has 1 aliphatic rings. The van der Waals surface area contributed by atoms with Crippen molar-refractivity contribution in [1.82, 2.24) is 10.6 Å². The van der Waals surface area contributed by atoms with Gasteiger partial charge in [-0.2, -0.15) is 0 Å². The monoisotopic (exact) mass is 260 g/mol. The van der Waals surface area contributed by atoms with Crippen molar-refractivity contribution in [3.8, 4) is 0 Å². The number of aliphatic hydroxyl groups is 1. The van der Waals surface area contributed by atoms with Gasteiger partial charge in [0.2, 0.25) is 5.91 Å². The minimum absolute atomic E-state index is 0.00776. The third-order valence-electron chi connectivity index (χ3n) is 2.83. The van der Waals surface area contributed by atoms with Gasteiger partial charge in [0, 0.05) is 33.2 Å². The summed E-state index contributed by atoms with van der Waals surface area (Å²) in [4.78, 5) is 10.9. The summed E-state index contributed by atoms with van der Waals surface area (Å²) in [6.45, 7) is 2.66. The maximum absolute atomic E-state index is 10.9. The van der Waals surface area contributed by atoms with Crippen LogP contribution in [0.2, 0.25) is 0 Å². The first-order valence-electron chi connectivity index (χ1n) is 6.51. The molecule has 1 heterocycles. The zero-order valence-electron chi connectivity index (χ0n) is 11.0. The quantitative estimate of drug-likeness (QED) is 0.476. The molecule has 106 valence electrons. The minimum Gasteiger partial charge on any atom is -0.389 e. The summed E-state index contributed by atoms with van der Waals surface area (Å²) in [6.07, 6.45) is 2.20. The van der Waals surface area contributed by atoms with E-state index < -0.39 is 6.10 Å². The Morgan fingerprint density at radius 2 is 2.44 bits per heavy atom. The van der Waals surface area contributed by atoms with Crippen LogP contribution in [0.4, 0.5) is 0 Å². The topological polar surface area (TPSA) is 79.8 Å². The molecule has 1 aliphatic heterocycles. The molecule has 0 aromatic heterocycles. The number of hydrogen-bond donors (Lipinski definition) is 3. The molecule has 0 spiro atoms. The lowest BCUT2D eigenvalue weighted by molar-refractivity contribution is -0.120. The SMILES string of the molecule is CNC(=O)CCNCC(O)COCC1CCCO1. The van der Waals surface area contributed by atoms with Crippen LogP contribution >= 0.6 is 0 Å². The summed E-state index contributed by atoms with van der Waals surface area (Å²) in [5, 5.41) is 15.2. The highest BCUT2D eigenvalue weighted by molar-refractivity contribution is 5.75. The molecule has 1 fully saturated rings. The van der Waals surface area contributed by atoms with Gasteiger partial charge >= 0.3 is 0 Å². The number of rotatable bonds is 9. The van der Waals surface area contributed by atoms with E-state index in [1.807, 2.05) is 0 Å². The van der Waals surface area contributed by atoms with Crippen molar-refractivity contribution in [2.45, 2.75) is 31.5 Å². The molecule has 6 nitrogen and oxygen atoms in total. The van der Waals surface area contributed by atoms with Gasteiger partial charge in [-0.1, -0.05) is 0 Å². The average Bonchev–Trinajstić information content (AvgIpc) is 2.87. The van der Waals surface area contributed by atoms with Crippen LogP contribution in [0.15, 0.2) is 0 Å². The number of carbonyl (C=O) groups excluding carboxylic acids is 1. The fraction of sp³-hybridized carbons (Fsp3) is 0.917. The van der Waals surface area contributed by atoms with E-state index in [1.165, 1.54) is 0 Å². The van der Waals surface area contributed by atoms with Crippen LogP contribution in [0, 0.1) is 0 Å². The summed E-state index contributed by atoms with van der Waals surface area (Å²) in [7, 11) is 1.61. The lowest BCUT2D eigenvalue weighted by atomic mass is 10.2. The zero-order chi connectivity index (χ0) is 13.2. The van der Waals surface area contributed by atoms with E-state index in [-0.39, 0.29) is 12.0 Å². The Labute approximate surface area is 108 Å². The Morgan fingerprint density at radius 3 is 3.11 bits per heavy atom. The molecule has 2 unspecified atom stereocenters. The maximum atomic E-state index is 10.9. The zero-order valence-corrected chi connectivity index (χ0v) is 11.0. The summed E-state index contributed by atoms with van der Waals surface area (Å²) in [6, 6.07) is 0. The smallest absolute Gasteiger partial charge is 0.221 e. The van der Waals surface area contributed by atoms with E-state index in [2.05, 4.69) is 10.6 Å². The van der Waals surface area contributed by atoms with E-state index in [9.17, 15) is 9.90 Å². The molecule has 2 atom stereocenters. The summed E-state index contributed by atoms with van der Waals surface area (Å²) in [5.74, 6) is -0.00776. The number of ether oxygens (including phenoxy) is 2. The lowest BCUT2D eigenvalue weighted by Gasteiger charge is -2.14. The molecule has 0 radical (unpaired) electrons. The highest BCUT2D eigenvalue weighted by atomic mass is 16.5. The van der Waals surface area contributed by atoms with Crippen LogP contribution in [0.1, 0.15) is 19.3 Å². The lowest BCUT2D eigenvalue weighted by Crippen LogP contribution is -2.33. The molecule has 18 heavy (non-hydrogen) atoms. The van der Waals surface area contributed by atoms with E-state index in [4.69, 9.17) is 9.47 Å². The first-order valence-corrected chi connectivity index (χ1v) is 6.51. The van der Waals surface area contributed by atoms with Crippen molar-refractivity contribution in [3.63, 3.8) is 0 Å². The van der Waals surface area contributed by atoms with Crippen molar-refractivity contribution in [2.75, 3.05) is 40.0 Å². The second kappa shape index (κ2) is 9.27. The van der Waals surface area contributed by atoms with Gasteiger partial charge < -0.3 is 25.2 Å². The van der Waals surface area contributed by atoms with Crippen molar-refractivity contribution >= 4 is 5.91 Å². The van der Waals surface area contributed by atoms with Crippen molar-refractivity contribution in [2.24, 2.45) is 0 Å². The maximum Gasteiger partial charge on any atom is 0.221 e. The van der Waals surface area contributed by atoms with Crippen molar-refractivity contribution < 1.29 is 19.4 Å². The minimum atomic E-state index is -0.545. The molecule has 0 saturated carbocycles. The fourth-order valence-electron chi connectivity index (χ4n) is 1.77. The third kappa shape index (κ3) is 6.90. The van der Waals surface area contributed by atoms with Crippen molar-refractivity contribution in [1.29, 1.82) is 0 Å². The second-order valence-corrected chi connectivity index (χ2v) is 4.45. The molecular formula is C12H24N2O4. The van der Waals surface area contributed by atoms with Gasteiger partial charge in [-0.3, -0.25) is 4.79 Å². The first-order chi connectivity index (χ1) is 8.72. The predicted octanol–water partition coefficient (Wildman–Crippen LogP) is -0.731. The van der Waals surface area contributed by atoms with E-state index in [0.29, 0.717) is 32.7 Å². The molecule has 0 aliphatic carbocycles. The normalized spacial score (nSPS) is 20.9. The Balaban J connectivity index is 1.90. The van der Waals surface area contributed by atoms with Crippen LogP contribution in [-0.4, -0.2) is 63.2 Å². The molecule has 0 aromatic rings. The van der Waals surface area contributed by atoms with Crippen LogP contribution in [-0.2, 0) is 14.3 Å². The Hall–Kier alpha value is -0.690. The first kappa shape index (κ1) is 15.4. The van der Waals surface area contributed by atoms with Crippen molar-refractivity contribution in [3.05, 3.63) is 0 Å². The number of hydrogen-bond acceptors (Lipinski definition) is 5. The molecule has 1 amide bonds. The summed E-state index contributed by atoms with van der Waals surface area (Å²) in [5.41, 5.74) is 0. The average molecular weight is 260 g/mol. The number of amides is 1. The molecule has 1 rings (SSSR count).